The molecule has 12 heteroatoms. The quantitative estimate of drug-likeness (QED) is 0.204. The third-order valence-corrected chi connectivity index (χ3v) is 7.47. The van der Waals surface area contributed by atoms with Gasteiger partial charge in [-0.05, 0) is 64.1 Å². The van der Waals surface area contributed by atoms with Crippen LogP contribution in [0, 0.1) is 11.6 Å². The van der Waals surface area contributed by atoms with Crippen LogP contribution in [-0.2, 0) is 19.8 Å². The molecule has 0 N–H and O–H groups in total. The molecule has 0 bridgehead atoms. The van der Waals surface area contributed by atoms with Gasteiger partial charge in [0, 0.05) is 22.7 Å². The molecule has 0 radical (unpaired) electrons. The monoisotopic (exact) mass is 534 g/mol. The van der Waals surface area contributed by atoms with E-state index in [9.17, 15) is 26.5 Å². The average molecular weight is 534 g/mol. The summed E-state index contributed by atoms with van der Waals surface area (Å²) in [5, 5.41) is 1.73. The molecular weight excluding hydrogens is 510 g/mol. The van der Waals surface area contributed by atoms with Crippen LogP contribution in [0.1, 0.15) is 33.3 Å². The van der Waals surface area contributed by atoms with Crippen LogP contribution in [0.5, 0.6) is 0 Å². The zero-order valence-electron chi connectivity index (χ0n) is 19.3. The molecule has 0 atom stereocenters. The molecule has 3 aromatic rings. The molecule has 2 aromatic carbocycles. The van der Waals surface area contributed by atoms with Gasteiger partial charge in [-0.3, -0.25) is 4.57 Å². The Hall–Kier alpha value is -2.33. The molecule has 0 aliphatic carbocycles. The Morgan fingerprint density at radius 2 is 1.60 bits per heavy atom. The van der Waals surface area contributed by atoms with E-state index < -0.39 is 43.2 Å². The van der Waals surface area contributed by atoms with Crippen LogP contribution in [-0.4, -0.2) is 23.5 Å². The lowest BCUT2D eigenvalue weighted by Gasteiger charge is -2.29. The summed E-state index contributed by atoms with van der Waals surface area (Å²) >= 11 is 1.05. The van der Waals surface area contributed by atoms with Crippen molar-refractivity contribution in [3.63, 3.8) is 0 Å². The van der Waals surface area contributed by atoms with Gasteiger partial charge in [0.1, 0.15) is 17.9 Å². The second kappa shape index (κ2) is 10.7. The first kappa shape index (κ1) is 27.3. The summed E-state index contributed by atoms with van der Waals surface area (Å²) in [6.45, 7) is 6.71. The second-order valence-corrected chi connectivity index (χ2v) is 10.9. The molecule has 0 spiro atoms. The molecular formula is C23H24F5N2O3PS. The standard InChI is InChI=1S/C23H24F5N2O3PS/c1-14(2)32-34(31,33-15(3)4)13-30(18-8-5-16(6-9-18)23(26,27)28)22-29-21(12-35-22)19-10-7-17(24)11-20(19)25/h5-12,14-15H,13H2,1-4H3. The van der Waals surface area contributed by atoms with Gasteiger partial charge in [-0.1, -0.05) is 0 Å². The Morgan fingerprint density at radius 3 is 2.11 bits per heavy atom. The fourth-order valence-electron chi connectivity index (χ4n) is 3.20. The summed E-state index contributed by atoms with van der Waals surface area (Å²) in [5.74, 6) is -1.56. The van der Waals surface area contributed by atoms with Gasteiger partial charge < -0.3 is 13.9 Å². The van der Waals surface area contributed by atoms with Crippen LogP contribution < -0.4 is 4.90 Å². The van der Waals surface area contributed by atoms with E-state index in [4.69, 9.17) is 9.05 Å². The van der Waals surface area contributed by atoms with Crippen molar-refractivity contribution in [2.75, 3.05) is 11.2 Å². The van der Waals surface area contributed by atoms with Gasteiger partial charge in [-0.2, -0.15) is 13.2 Å². The van der Waals surface area contributed by atoms with Gasteiger partial charge in [0.05, 0.1) is 23.5 Å². The number of nitrogens with zero attached hydrogens (tertiary/aromatic N) is 2. The van der Waals surface area contributed by atoms with Crippen LogP contribution in [0.4, 0.5) is 32.8 Å². The fourth-order valence-corrected chi connectivity index (χ4v) is 6.25. The van der Waals surface area contributed by atoms with Crippen molar-refractivity contribution in [1.29, 1.82) is 0 Å². The van der Waals surface area contributed by atoms with Crippen molar-refractivity contribution < 1.29 is 35.6 Å². The molecule has 0 saturated carbocycles. The lowest BCUT2D eigenvalue weighted by molar-refractivity contribution is -0.137. The van der Waals surface area contributed by atoms with E-state index in [2.05, 4.69) is 4.98 Å². The zero-order chi connectivity index (χ0) is 26.0. The number of benzene rings is 2. The smallest absolute Gasteiger partial charge is 0.306 e. The Balaban J connectivity index is 2.06. The van der Waals surface area contributed by atoms with Crippen molar-refractivity contribution in [2.24, 2.45) is 0 Å². The molecule has 3 rings (SSSR count). The maximum Gasteiger partial charge on any atom is 0.416 e. The van der Waals surface area contributed by atoms with E-state index in [1.807, 2.05) is 0 Å². The number of hydrogen-bond acceptors (Lipinski definition) is 6. The highest BCUT2D eigenvalue weighted by Crippen LogP contribution is 2.53. The van der Waals surface area contributed by atoms with Crippen LogP contribution in [0.15, 0.2) is 47.8 Å². The van der Waals surface area contributed by atoms with E-state index in [0.29, 0.717) is 0 Å². The molecule has 0 saturated heterocycles. The highest BCUT2D eigenvalue weighted by Gasteiger charge is 2.34. The third kappa shape index (κ3) is 7.10. The lowest BCUT2D eigenvalue weighted by atomic mass is 10.1. The zero-order valence-corrected chi connectivity index (χ0v) is 21.1. The van der Waals surface area contributed by atoms with E-state index >= 15 is 0 Å². The molecule has 190 valence electrons. The van der Waals surface area contributed by atoms with Gasteiger partial charge in [0.2, 0.25) is 0 Å². The first-order valence-electron chi connectivity index (χ1n) is 10.6. The summed E-state index contributed by atoms with van der Waals surface area (Å²) in [6, 6.07) is 7.28. The number of halogens is 5. The van der Waals surface area contributed by atoms with Crippen molar-refractivity contribution >= 4 is 29.8 Å². The minimum Gasteiger partial charge on any atom is -0.306 e. The summed E-state index contributed by atoms with van der Waals surface area (Å²) < 4.78 is 91.7. The Morgan fingerprint density at radius 1 is 1.00 bits per heavy atom. The molecule has 0 amide bonds. The highest BCUT2D eigenvalue weighted by molar-refractivity contribution is 7.54. The molecule has 0 aliphatic heterocycles. The van der Waals surface area contributed by atoms with Crippen LogP contribution >= 0.6 is 18.9 Å². The molecule has 0 unspecified atom stereocenters. The number of hydrogen-bond donors (Lipinski definition) is 0. The van der Waals surface area contributed by atoms with E-state index in [1.54, 1.807) is 27.7 Å². The van der Waals surface area contributed by atoms with Gasteiger partial charge in [0.25, 0.3) is 0 Å². The van der Waals surface area contributed by atoms with Gasteiger partial charge >= 0.3 is 13.8 Å². The van der Waals surface area contributed by atoms with E-state index in [0.717, 1.165) is 35.6 Å². The number of thiazole rings is 1. The molecule has 0 aliphatic rings. The Bertz CT molecular complexity index is 1180. The van der Waals surface area contributed by atoms with Crippen molar-refractivity contribution in [1.82, 2.24) is 4.98 Å². The summed E-state index contributed by atoms with van der Waals surface area (Å²) in [6.07, 6.45) is -5.81. The van der Waals surface area contributed by atoms with Crippen molar-refractivity contribution in [3.8, 4) is 11.3 Å². The SMILES string of the molecule is CC(C)OP(=O)(CN(c1ccc(C(F)(F)F)cc1)c1nc(-c2ccc(F)cc2F)cs1)OC(C)C. The maximum atomic E-state index is 14.3. The first-order chi connectivity index (χ1) is 16.3. The summed E-state index contributed by atoms with van der Waals surface area (Å²) in [5.41, 5.74) is -0.377. The van der Waals surface area contributed by atoms with Gasteiger partial charge in [0.15, 0.2) is 5.13 Å². The van der Waals surface area contributed by atoms with E-state index in [1.165, 1.54) is 28.5 Å². The highest BCUT2D eigenvalue weighted by atomic mass is 32.1. The largest absolute Gasteiger partial charge is 0.416 e. The summed E-state index contributed by atoms with van der Waals surface area (Å²) in [4.78, 5) is 5.79. The fraction of sp³-hybridized carbons (Fsp3) is 0.348. The average Bonchev–Trinajstić information content (AvgIpc) is 3.20. The van der Waals surface area contributed by atoms with Crippen LogP contribution in [0.2, 0.25) is 0 Å². The van der Waals surface area contributed by atoms with Crippen molar-refractivity contribution in [2.45, 2.75) is 46.1 Å². The number of rotatable bonds is 9. The van der Waals surface area contributed by atoms with Crippen LogP contribution in [0.25, 0.3) is 11.3 Å². The minimum atomic E-state index is -4.53. The molecule has 35 heavy (non-hydrogen) atoms. The summed E-state index contributed by atoms with van der Waals surface area (Å²) in [7, 11) is -3.80. The number of anilines is 2. The molecule has 5 nitrogen and oxygen atoms in total. The third-order valence-electron chi connectivity index (χ3n) is 4.49. The topological polar surface area (TPSA) is 51.7 Å². The predicted octanol–water partition coefficient (Wildman–Crippen LogP) is 8.25. The molecule has 1 aromatic heterocycles. The normalized spacial score (nSPS) is 12.5. The Kier molecular flexibility index (Phi) is 8.36. The van der Waals surface area contributed by atoms with E-state index in [-0.39, 0.29) is 28.4 Å². The Labute approximate surface area is 204 Å². The molecule has 0 fully saturated rings. The lowest BCUT2D eigenvalue weighted by Crippen LogP contribution is -2.23. The predicted molar refractivity (Wildman–Crippen MR) is 126 cm³/mol. The first-order valence-corrected chi connectivity index (χ1v) is 13.2. The van der Waals surface area contributed by atoms with Gasteiger partial charge in [-0.15, -0.1) is 11.3 Å². The number of aromatic nitrogens is 1. The maximum absolute atomic E-state index is 14.3. The van der Waals surface area contributed by atoms with Crippen LogP contribution in [0.3, 0.4) is 0 Å². The second-order valence-electron chi connectivity index (χ2n) is 8.17. The minimum absolute atomic E-state index is 0.0429. The van der Waals surface area contributed by atoms with Gasteiger partial charge in [-0.25, -0.2) is 13.8 Å². The van der Waals surface area contributed by atoms with Crippen molar-refractivity contribution in [3.05, 3.63) is 65.0 Å². The number of alkyl halides is 3. The molecule has 1 heterocycles.